The average Bonchev–Trinajstić information content (AvgIpc) is 3.55. The predicted molar refractivity (Wildman–Crippen MR) is 108 cm³/mol. The maximum absolute atomic E-state index is 12.6. The Morgan fingerprint density at radius 3 is 2.46 bits per heavy atom. The van der Waals surface area contributed by atoms with Gasteiger partial charge in [-0.05, 0) is 55.9 Å². The average molecular weight is 385 g/mol. The van der Waals surface area contributed by atoms with Crippen LogP contribution in [0.2, 0.25) is 0 Å². The molecule has 0 spiro atoms. The topological polar surface area (TPSA) is 58.6 Å². The Labute approximate surface area is 167 Å². The van der Waals surface area contributed by atoms with Gasteiger partial charge in [0.2, 0.25) is 11.8 Å². The summed E-state index contributed by atoms with van der Waals surface area (Å²) in [4.78, 5) is 27.0. The smallest absolute Gasteiger partial charge is 0.223 e. The van der Waals surface area contributed by atoms with Gasteiger partial charge in [0.05, 0.1) is 0 Å². The van der Waals surface area contributed by atoms with Crippen molar-refractivity contribution in [1.29, 1.82) is 0 Å². The monoisotopic (exact) mass is 384 g/mol. The molecule has 2 heterocycles. The molecule has 1 aromatic carbocycles. The minimum Gasteiger partial charge on any atom is -0.381 e. The molecule has 0 radical (unpaired) electrons. The quantitative estimate of drug-likeness (QED) is 0.820. The predicted octanol–water partition coefficient (Wildman–Crippen LogP) is 2.79. The highest BCUT2D eigenvalue weighted by atomic mass is 16.5. The van der Waals surface area contributed by atoms with Crippen LogP contribution in [0.5, 0.6) is 0 Å². The van der Waals surface area contributed by atoms with Gasteiger partial charge in [-0.2, -0.15) is 0 Å². The second-order valence-electron chi connectivity index (χ2n) is 8.61. The van der Waals surface area contributed by atoms with Gasteiger partial charge in [0, 0.05) is 44.7 Å². The van der Waals surface area contributed by atoms with Crippen LogP contribution in [-0.4, -0.2) is 49.1 Å². The molecule has 3 fully saturated rings. The zero-order valence-electron chi connectivity index (χ0n) is 16.6. The van der Waals surface area contributed by atoms with E-state index in [1.807, 2.05) is 23.1 Å². The summed E-state index contributed by atoms with van der Waals surface area (Å²) in [6, 6.07) is 10.4. The molecule has 2 saturated heterocycles. The van der Waals surface area contributed by atoms with Crippen LogP contribution in [0.4, 0.5) is 0 Å². The van der Waals surface area contributed by atoms with E-state index in [4.69, 9.17) is 4.74 Å². The molecular formula is C23H32N2O3. The summed E-state index contributed by atoms with van der Waals surface area (Å²) in [5, 5.41) is 3.26. The molecule has 4 rings (SSSR count). The summed E-state index contributed by atoms with van der Waals surface area (Å²) in [5.74, 6) is 1.94. The molecule has 0 aromatic heterocycles. The number of ether oxygens (including phenoxy) is 1. The summed E-state index contributed by atoms with van der Waals surface area (Å²) < 4.78 is 5.43. The third-order valence-corrected chi connectivity index (χ3v) is 6.71. The normalized spacial score (nSPS) is 26.1. The van der Waals surface area contributed by atoms with Crippen LogP contribution in [-0.2, 0) is 20.7 Å². The fourth-order valence-corrected chi connectivity index (χ4v) is 4.82. The second kappa shape index (κ2) is 9.08. The van der Waals surface area contributed by atoms with Crippen molar-refractivity contribution < 1.29 is 14.3 Å². The number of nitrogens with zero attached hydrogens (tertiary/aromatic N) is 1. The highest BCUT2D eigenvalue weighted by molar-refractivity contribution is 5.82. The first-order chi connectivity index (χ1) is 13.7. The lowest BCUT2D eigenvalue weighted by Gasteiger charge is -2.32. The lowest BCUT2D eigenvalue weighted by molar-refractivity contribution is -0.132. The third kappa shape index (κ3) is 4.93. The summed E-state index contributed by atoms with van der Waals surface area (Å²) in [6.45, 7) is 3.22. The van der Waals surface area contributed by atoms with E-state index < -0.39 is 0 Å². The molecule has 1 saturated carbocycles. The summed E-state index contributed by atoms with van der Waals surface area (Å²) in [7, 11) is 0. The standard InChI is InChI=1S/C23H32N2O3/c26-22(7-6-17-4-2-1-3-5-17)25-12-8-19(9-13-25)24-23(27)21-16-20(21)18-10-14-28-15-11-18/h1-5,18-21H,6-16H2,(H,24,27)/t20-,21+/m0/s1. The van der Waals surface area contributed by atoms with Crippen LogP contribution in [0.15, 0.2) is 30.3 Å². The van der Waals surface area contributed by atoms with Crippen LogP contribution in [0, 0.1) is 17.8 Å². The lowest BCUT2D eigenvalue weighted by atomic mass is 9.93. The van der Waals surface area contributed by atoms with Gasteiger partial charge < -0.3 is 15.0 Å². The van der Waals surface area contributed by atoms with Gasteiger partial charge in [-0.1, -0.05) is 30.3 Å². The van der Waals surface area contributed by atoms with Gasteiger partial charge in [-0.15, -0.1) is 0 Å². The van der Waals surface area contributed by atoms with E-state index in [9.17, 15) is 9.59 Å². The van der Waals surface area contributed by atoms with Crippen molar-refractivity contribution in [2.75, 3.05) is 26.3 Å². The van der Waals surface area contributed by atoms with Gasteiger partial charge in [0.15, 0.2) is 0 Å². The highest BCUT2D eigenvalue weighted by Gasteiger charge is 2.47. The fourth-order valence-electron chi connectivity index (χ4n) is 4.82. The van der Waals surface area contributed by atoms with Gasteiger partial charge in [-0.3, -0.25) is 9.59 Å². The molecule has 152 valence electrons. The highest BCUT2D eigenvalue weighted by Crippen LogP contribution is 2.47. The Morgan fingerprint density at radius 1 is 1.04 bits per heavy atom. The van der Waals surface area contributed by atoms with E-state index in [-0.39, 0.29) is 23.8 Å². The molecule has 28 heavy (non-hydrogen) atoms. The van der Waals surface area contributed by atoms with Gasteiger partial charge in [-0.25, -0.2) is 0 Å². The van der Waals surface area contributed by atoms with Crippen molar-refractivity contribution in [3.8, 4) is 0 Å². The number of hydrogen-bond acceptors (Lipinski definition) is 3. The number of nitrogens with one attached hydrogen (secondary N) is 1. The first-order valence-corrected chi connectivity index (χ1v) is 10.9. The minimum absolute atomic E-state index is 0.216. The SMILES string of the molecule is O=C(NC1CCN(C(=O)CCc2ccccc2)CC1)[C@@H]1C[C@H]1C1CCOCC1. The van der Waals surface area contributed by atoms with Crippen LogP contribution < -0.4 is 5.32 Å². The largest absolute Gasteiger partial charge is 0.381 e. The van der Waals surface area contributed by atoms with Crippen LogP contribution >= 0.6 is 0 Å². The van der Waals surface area contributed by atoms with Crippen molar-refractivity contribution in [1.82, 2.24) is 10.2 Å². The molecule has 1 N–H and O–H groups in total. The van der Waals surface area contributed by atoms with Crippen LogP contribution in [0.1, 0.15) is 44.1 Å². The van der Waals surface area contributed by atoms with E-state index in [2.05, 4.69) is 17.4 Å². The maximum Gasteiger partial charge on any atom is 0.223 e. The zero-order chi connectivity index (χ0) is 19.3. The number of benzene rings is 1. The molecule has 2 atom stereocenters. The minimum atomic E-state index is 0.216. The van der Waals surface area contributed by atoms with E-state index in [1.165, 1.54) is 5.56 Å². The molecule has 1 aromatic rings. The van der Waals surface area contributed by atoms with E-state index in [0.29, 0.717) is 18.3 Å². The van der Waals surface area contributed by atoms with E-state index >= 15 is 0 Å². The number of amides is 2. The van der Waals surface area contributed by atoms with Crippen molar-refractivity contribution in [2.45, 2.75) is 51.0 Å². The van der Waals surface area contributed by atoms with Crippen molar-refractivity contribution >= 4 is 11.8 Å². The number of rotatable bonds is 6. The van der Waals surface area contributed by atoms with Crippen LogP contribution in [0.25, 0.3) is 0 Å². The Kier molecular flexibility index (Phi) is 6.30. The fraction of sp³-hybridized carbons (Fsp3) is 0.652. The number of aryl methyl sites for hydroxylation is 1. The Bertz CT molecular complexity index is 664. The molecule has 0 unspecified atom stereocenters. The first-order valence-electron chi connectivity index (χ1n) is 10.9. The van der Waals surface area contributed by atoms with Gasteiger partial charge in [0.1, 0.15) is 0 Å². The molecule has 5 heteroatoms. The van der Waals surface area contributed by atoms with E-state index in [1.54, 1.807) is 0 Å². The molecule has 2 aliphatic heterocycles. The first kappa shape index (κ1) is 19.4. The summed E-state index contributed by atoms with van der Waals surface area (Å²) in [5.41, 5.74) is 1.21. The van der Waals surface area contributed by atoms with Crippen molar-refractivity contribution in [3.05, 3.63) is 35.9 Å². The zero-order valence-corrected chi connectivity index (χ0v) is 16.6. The van der Waals surface area contributed by atoms with Crippen molar-refractivity contribution in [3.63, 3.8) is 0 Å². The third-order valence-electron chi connectivity index (χ3n) is 6.71. The summed E-state index contributed by atoms with van der Waals surface area (Å²) in [6.07, 6.45) is 6.37. The number of likely N-dealkylation sites (tertiary alicyclic amines) is 1. The molecule has 5 nitrogen and oxygen atoms in total. The van der Waals surface area contributed by atoms with E-state index in [0.717, 1.165) is 64.8 Å². The Hall–Kier alpha value is -1.88. The number of piperidine rings is 1. The Balaban J connectivity index is 1.15. The van der Waals surface area contributed by atoms with Crippen LogP contribution in [0.3, 0.4) is 0 Å². The molecule has 3 aliphatic rings. The van der Waals surface area contributed by atoms with Crippen molar-refractivity contribution in [2.24, 2.45) is 17.8 Å². The Morgan fingerprint density at radius 2 is 1.75 bits per heavy atom. The second-order valence-corrected chi connectivity index (χ2v) is 8.61. The number of hydrogen-bond donors (Lipinski definition) is 1. The number of carbonyl (C=O) groups is 2. The maximum atomic E-state index is 12.6. The van der Waals surface area contributed by atoms with Gasteiger partial charge >= 0.3 is 0 Å². The molecule has 1 aliphatic carbocycles. The summed E-state index contributed by atoms with van der Waals surface area (Å²) >= 11 is 0. The number of carbonyl (C=O) groups excluding carboxylic acids is 2. The molecule has 2 amide bonds. The molecule has 0 bridgehead atoms. The van der Waals surface area contributed by atoms with Gasteiger partial charge in [0.25, 0.3) is 0 Å². The lowest BCUT2D eigenvalue weighted by Crippen LogP contribution is -2.47. The molecular weight excluding hydrogens is 352 g/mol.